The van der Waals surface area contributed by atoms with Crippen LogP contribution in [0.5, 0.6) is 17.2 Å². The Morgan fingerprint density at radius 1 is 0.950 bits per heavy atom. The highest BCUT2D eigenvalue weighted by Crippen LogP contribution is 2.37. The number of benzene rings is 2. The van der Waals surface area contributed by atoms with Gasteiger partial charge in [0.2, 0.25) is 0 Å². The molecule has 0 saturated carbocycles. The van der Waals surface area contributed by atoms with Gasteiger partial charge in [-0.1, -0.05) is 29.8 Å². The van der Waals surface area contributed by atoms with Gasteiger partial charge in [-0.2, -0.15) is 0 Å². The van der Waals surface area contributed by atoms with Crippen molar-refractivity contribution in [3.05, 3.63) is 77.7 Å². The highest BCUT2D eigenvalue weighted by molar-refractivity contribution is 6.31. The van der Waals surface area contributed by atoms with Crippen molar-refractivity contribution in [3.8, 4) is 28.5 Å². The summed E-state index contributed by atoms with van der Waals surface area (Å²) in [6.07, 6.45) is 5.10. The zero-order valence-corrected chi connectivity index (χ0v) is 23.4. The third-order valence-corrected chi connectivity index (χ3v) is 7.00. The molecule has 5 rings (SSSR count). The first-order chi connectivity index (χ1) is 19.4. The van der Waals surface area contributed by atoms with Gasteiger partial charge in [0.1, 0.15) is 18.2 Å². The van der Waals surface area contributed by atoms with Gasteiger partial charge in [-0.25, -0.2) is 4.98 Å². The van der Waals surface area contributed by atoms with Crippen LogP contribution < -0.4 is 25.7 Å². The van der Waals surface area contributed by atoms with Crippen molar-refractivity contribution < 1.29 is 14.2 Å². The lowest BCUT2D eigenvalue weighted by Gasteiger charge is -2.22. The van der Waals surface area contributed by atoms with Gasteiger partial charge in [0.25, 0.3) is 0 Å². The van der Waals surface area contributed by atoms with Crippen LogP contribution in [0, 0.1) is 0 Å². The topological polar surface area (TPSA) is 122 Å². The standard InChI is InChI=1S/C30H31ClN6O3/c1-37(15-18-6-4-5-7-25(18)31)16-20(32)17-40-21-8-19(12-34-13-21)26-9-22-23-10-28(38-2)29(39-3)11-27(23)35-14-24(22)30(33)36-26/h4-14,20H,15-17,32H2,1-3H3,(H2,33,36)/t20-/m0/s1. The number of rotatable bonds is 10. The molecule has 0 spiro atoms. The fourth-order valence-corrected chi connectivity index (χ4v) is 4.88. The summed E-state index contributed by atoms with van der Waals surface area (Å²) in [6.45, 7) is 1.65. The van der Waals surface area contributed by atoms with Crippen molar-refractivity contribution in [1.29, 1.82) is 0 Å². The summed E-state index contributed by atoms with van der Waals surface area (Å²) in [5.41, 5.74) is 16.0. The Labute approximate surface area is 237 Å². The van der Waals surface area contributed by atoms with Gasteiger partial charge in [0.15, 0.2) is 11.5 Å². The Balaban J connectivity index is 1.35. The van der Waals surface area contributed by atoms with Gasteiger partial charge in [0, 0.05) is 52.9 Å². The lowest BCUT2D eigenvalue weighted by atomic mass is 10.0. The number of anilines is 1. The summed E-state index contributed by atoms with van der Waals surface area (Å²) in [5.74, 6) is 2.17. The minimum Gasteiger partial charge on any atom is -0.493 e. The molecule has 0 aliphatic carbocycles. The highest BCUT2D eigenvalue weighted by Gasteiger charge is 2.15. The quantitative estimate of drug-likeness (QED) is 0.230. The maximum atomic E-state index is 6.37. The number of hydrogen-bond donors (Lipinski definition) is 2. The number of halogens is 1. The molecule has 40 heavy (non-hydrogen) atoms. The largest absolute Gasteiger partial charge is 0.493 e. The van der Waals surface area contributed by atoms with Crippen molar-refractivity contribution >= 4 is 39.1 Å². The number of aromatic nitrogens is 3. The smallest absolute Gasteiger partial charge is 0.162 e. The third-order valence-electron chi connectivity index (χ3n) is 6.63. The molecule has 0 aliphatic heterocycles. The van der Waals surface area contributed by atoms with Crippen LogP contribution in [-0.4, -0.2) is 60.3 Å². The van der Waals surface area contributed by atoms with Crippen LogP contribution in [0.3, 0.4) is 0 Å². The maximum Gasteiger partial charge on any atom is 0.162 e. The summed E-state index contributed by atoms with van der Waals surface area (Å²) < 4.78 is 17.0. The number of nitrogen functional groups attached to an aromatic ring is 1. The number of nitrogens with two attached hydrogens (primary N) is 2. The van der Waals surface area contributed by atoms with Crippen molar-refractivity contribution in [2.75, 3.05) is 40.2 Å². The number of pyridine rings is 3. The summed E-state index contributed by atoms with van der Waals surface area (Å²) in [4.78, 5) is 15.7. The number of likely N-dealkylation sites (N-methyl/N-ethyl adjacent to an activating group) is 1. The molecule has 2 aromatic carbocycles. The second kappa shape index (κ2) is 11.9. The minimum absolute atomic E-state index is 0.212. The molecule has 3 aromatic heterocycles. The van der Waals surface area contributed by atoms with E-state index in [9.17, 15) is 0 Å². The monoisotopic (exact) mass is 558 g/mol. The summed E-state index contributed by atoms with van der Waals surface area (Å²) >= 11 is 6.29. The zero-order valence-electron chi connectivity index (χ0n) is 22.6. The predicted molar refractivity (Wildman–Crippen MR) is 159 cm³/mol. The first-order valence-electron chi connectivity index (χ1n) is 12.7. The average Bonchev–Trinajstić information content (AvgIpc) is 2.96. The molecule has 0 unspecified atom stereocenters. The number of fused-ring (bicyclic) bond motifs is 3. The molecule has 206 valence electrons. The number of hydrogen-bond acceptors (Lipinski definition) is 9. The zero-order chi connectivity index (χ0) is 28.2. The third kappa shape index (κ3) is 5.86. The molecule has 0 amide bonds. The molecule has 5 aromatic rings. The van der Waals surface area contributed by atoms with Crippen LogP contribution in [0.2, 0.25) is 5.02 Å². The molecule has 1 atom stereocenters. The normalized spacial score (nSPS) is 12.2. The molecule has 0 saturated heterocycles. The molecule has 3 heterocycles. The van der Waals surface area contributed by atoms with Gasteiger partial charge >= 0.3 is 0 Å². The van der Waals surface area contributed by atoms with Gasteiger partial charge in [-0.15, -0.1) is 0 Å². The first kappa shape index (κ1) is 27.4. The lowest BCUT2D eigenvalue weighted by molar-refractivity contribution is 0.233. The van der Waals surface area contributed by atoms with E-state index in [-0.39, 0.29) is 6.04 Å². The Hall–Kier alpha value is -4.18. The maximum absolute atomic E-state index is 6.37. The van der Waals surface area contributed by atoms with Gasteiger partial charge < -0.3 is 30.6 Å². The van der Waals surface area contributed by atoms with E-state index in [1.54, 1.807) is 32.8 Å². The van der Waals surface area contributed by atoms with Gasteiger partial charge in [-0.05, 0) is 42.3 Å². The average molecular weight is 559 g/mol. The second-order valence-electron chi connectivity index (χ2n) is 9.61. The molecule has 0 bridgehead atoms. The Morgan fingerprint density at radius 2 is 1.73 bits per heavy atom. The minimum atomic E-state index is -0.212. The van der Waals surface area contributed by atoms with Crippen LogP contribution in [0.4, 0.5) is 5.82 Å². The van der Waals surface area contributed by atoms with E-state index in [0.29, 0.717) is 48.5 Å². The van der Waals surface area contributed by atoms with E-state index in [4.69, 9.17) is 37.3 Å². The van der Waals surface area contributed by atoms with Crippen molar-refractivity contribution in [3.63, 3.8) is 0 Å². The summed E-state index contributed by atoms with van der Waals surface area (Å²) in [7, 11) is 5.20. The van der Waals surface area contributed by atoms with Crippen molar-refractivity contribution in [1.82, 2.24) is 19.9 Å². The van der Waals surface area contributed by atoms with Crippen LogP contribution in [0.15, 0.2) is 67.1 Å². The van der Waals surface area contributed by atoms with Crippen LogP contribution >= 0.6 is 11.6 Å². The van der Waals surface area contributed by atoms with E-state index in [1.165, 1.54) is 0 Å². The molecule has 0 radical (unpaired) electrons. The van der Waals surface area contributed by atoms with E-state index in [1.807, 2.05) is 55.6 Å². The SMILES string of the molecule is COc1cc2ncc3c(N)nc(-c4cncc(OC[C@@H](N)CN(C)Cc5ccccc5Cl)c4)cc3c2cc1OC. The lowest BCUT2D eigenvalue weighted by Crippen LogP contribution is -2.39. The van der Waals surface area contributed by atoms with Crippen LogP contribution in [0.25, 0.3) is 32.9 Å². The fourth-order valence-electron chi connectivity index (χ4n) is 4.68. The molecule has 0 aliphatic rings. The van der Waals surface area contributed by atoms with Gasteiger partial charge in [-0.3, -0.25) is 9.97 Å². The van der Waals surface area contributed by atoms with Gasteiger partial charge in [0.05, 0.1) is 37.7 Å². The van der Waals surface area contributed by atoms with Crippen molar-refractivity contribution in [2.24, 2.45) is 5.73 Å². The van der Waals surface area contributed by atoms with Crippen LogP contribution in [-0.2, 0) is 6.54 Å². The highest BCUT2D eigenvalue weighted by atomic mass is 35.5. The molecular weight excluding hydrogens is 528 g/mol. The molecule has 10 heteroatoms. The molecule has 0 fully saturated rings. The number of methoxy groups -OCH3 is 2. The second-order valence-corrected chi connectivity index (χ2v) is 10.0. The Morgan fingerprint density at radius 3 is 2.50 bits per heavy atom. The fraction of sp³-hybridized carbons (Fsp3) is 0.233. The van der Waals surface area contributed by atoms with Crippen molar-refractivity contribution in [2.45, 2.75) is 12.6 Å². The van der Waals surface area contributed by atoms with E-state index in [2.05, 4.69) is 19.9 Å². The molecular formula is C30H31ClN6O3. The summed E-state index contributed by atoms with van der Waals surface area (Å²) in [5, 5.41) is 3.25. The molecule has 4 N–H and O–H groups in total. The van der Waals surface area contributed by atoms with E-state index < -0.39 is 0 Å². The van der Waals surface area contributed by atoms with E-state index in [0.717, 1.165) is 37.8 Å². The Bertz CT molecular complexity index is 1660. The number of ether oxygens (including phenoxy) is 3. The number of nitrogens with zero attached hydrogens (tertiary/aromatic N) is 4. The van der Waals surface area contributed by atoms with Crippen LogP contribution in [0.1, 0.15) is 5.56 Å². The predicted octanol–water partition coefficient (Wildman–Crippen LogP) is 4.94. The summed E-state index contributed by atoms with van der Waals surface area (Å²) in [6, 6.07) is 15.2. The first-order valence-corrected chi connectivity index (χ1v) is 13.1. The Kier molecular flexibility index (Phi) is 8.16. The van der Waals surface area contributed by atoms with E-state index >= 15 is 0 Å². The molecule has 9 nitrogen and oxygen atoms in total.